The van der Waals surface area contributed by atoms with Crippen molar-refractivity contribution in [1.29, 1.82) is 0 Å². The summed E-state index contributed by atoms with van der Waals surface area (Å²) in [5.41, 5.74) is 2.47. The first kappa shape index (κ1) is 24.9. The molecule has 0 bridgehead atoms. The van der Waals surface area contributed by atoms with E-state index < -0.39 is 17.7 Å². The van der Waals surface area contributed by atoms with Gasteiger partial charge in [-0.15, -0.1) is 0 Å². The van der Waals surface area contributed by atoms with E-state index in [1.54, 1.807) is 17.0 Å². The number of ether oxygens (including phenoxy) is 2. The predicted molar refractivity (Wildman–Crippen MR) is 134 cm³/mol. The average molecular weight is 479 g/mol. The molecular weight excluding hydrogens is 444 g/mol. The van der Waals surface area contributed by atoms with E-state index in [2.05, 4.69) is 4.90 Å². The summed E-state index contributed by atoms with van der Waals surface area (Å²) in [6.07, 6.45) is 1.63. The summed E-state index contributed by atoms with van der Waals surface area (Å²) in [5.74, 6) is -0.628. The molecule has 1 N–H and O–H groups in total. The predicted octanol–water partition coefficient (Wildman–Crippen LogP) is 3.93. The molecular formula is C28H34N2O5. The second-order valence-corrected chi connectivity index (χ2v) is 9.08. The lowest BCUT2D eigenvalue weighted by molar-refractivity contribution is -0.140. The number of aliphatic hydroxyl groups is 1. The fourth-order valence-corrected chi connectivity index (χ4v) is 4.58. The van der Waals surface area contributed by atoms with Gasteiger partial charge >= 0.3 is 0 Å². The number of aliphatic hydroxyl groups excluding tert-OH is 1. The molecule has 7 nitrogen and oxygen atoms in total. The Morgan fingerprint density at radius 1 is 1.03 bits per heavy atom. The Hall–Kier alpha value is -3.16. The van der Waals surface area contributed by atoms with Gasteiger partial charge in [0.1, 0.15) is 11.5 Å². The Balaban J connectivity index is 1.64. The Kier molecular flexibility index (Phi) is 8.21. The number of nitrogens with zero attached hydrogens (tertiary/aromatic N) is 2. The third kappa shape index (κ3) is 5.74. The highest BCUT2D eigenvalue weighted by molar-refractivity contribution is 6.46. The topological polar surface area (TPSA) is 79.3 Å². The third-order valence-corrected chi connectivity index (χ3v) is 6.51. The highest BCUT2D eigenvalue weighted by Gasteiger charge is 2.45. The van der Waals surface area contributed by atoms with Crippen LogP contribution in [0, 0.1) is 6.92 Å². The van der Waals surface area contributed by atoms with E-state index in [0.717, 1.165) is 49.4 Å². The number of rotatable bonds is 9. The van der Waals surface area contributed by atoms with E-state index in [0.29, 0.717) is 31.9 Å². The number of carbonyl (C=O) groups excluding carboxylic acids is 2. The van der Waals surface area contributed by atoms with Crippen LogP contribution in [0.4, 0.5) is 0 Å². The number of carbonyl (C=O) groups is 2. The second-order valence-electron chi connectivity index (χ2n) is 9.08. The summed E-state index contributed by atoms with van der Waals surface area (Å²) in [7, 11) is 0. The summed E-state index contributed by atoms with van der Waals surface area (Å²) >= 11 is 0. The largest absolute Gasteiger partial charge is 0.507 e. The number of hydrogen-bond donors (Lipinski definition) is 1. The molecule has 1 unspecified atom stereocenters. The summed E-state index contributed by atoms with van der Waals surface area (Å²) < 4.78 is 11.1. The number of ketones is 1. The van der Waals surface area contributed by atoms with Crippen LogP contribution in [0.1, 0.15) is 42.5 Å². The number of aryl methyl sites for hydroxylation is 1. The molecule has 0 aliphatic carbocycles. The fraction of sp³-hybridized carbons (Fsp3) is 0.429. The van der Waals surface area contributed by atoms with Crippen molar-refractivity contribution in [1.82, 2.24) is 9.80 Å². The number of hydrogen-bond acceptors (Lipinski definition) is 6. The van der Waals surface area contributed by atoms with Crippen molar-refractivity contribution < 1.29 is 24.2 Å². The van der Waals surface area contributed by atoms with Gasteiger partial charge in [0.15, 0.2) is 0 Å². The molecule has 7 heteroatoms. The number of morpholine rings is 1. The summed E-state index contributed by atoms with van der Waals surface area (Å²) in [6.45, 7) is 9.03. The molecule has 0 radical (unpaired) electrons. The molecule has 2 aromatic carbocycles. The molecule has 1 amide bonds. The zero-order valence-electron chi connectivity index (χ0n) is 20.5. The molecule has 0 saturated carbocycles. The molecule has 0 aromatic heterocycles. The normalized spacial score (nSPS) is 20.4. The zero-order chi connectivity index (χ0) is 24.8. The summed E-state index contributed by atoms with van der Waals surface area (Å²) in [5, 5.41) is 11.2. The van der Waals surface area contributed by atoms with Crippen LogP contribution in [0.15, 0.2) is 54.1 Å². The first-order valence-electron chi connectivity index (χ1n) is 12.4. The SMILES string of the molecule is CCCOc1ccc(C2/C(=C(\O)c3ccc(C)cc3)C(=O)C(=O)N2CCCN2CCOCC2)cc1. The van der Waals surface area contributed by atoms with Gasteiger partial charge in [-0.25, -0.2) is 0 Å². The van der Waals surface area contributed by atoms with Crippen molar-refractivity contribution in [3.05, 3.63) is 70.8 Å². The molecule has 186 valence electrons. The Labute approximate surface area is 206 Å². The van der Waals surface area contributed by atoms with Crippen molar-refractivity contribution in [2.75, 3.05) is 46.0 Å². The van der Waals surface area contributed by atoms with Crippen LogP contribution in [0.5, 0.6) is 5.75 Å². The van der Waals surface area contributed by atoms with Crippen LogP contribution >= 0.6 is 0 Å². The monoisotopic (exact) mass is 478 g/mol. The molecule has 1 atom stereocenters. The molecule has 2 aromatic rings. The molecule has 2 aliphatic rings. The lowest BCUT2D eigenvalue weighted by Gasteiger charge is -2.29. The molecule has 35 heavy (non-hydrogen) atoms. The fourth-order valence-electron chi connectivity index (χ4n) is 4.58. The Morgan fingerprint density at radius 2 is 1.71 bits per heavy atom. The lowest BCUT2D eigenvalue weighted by atomic mass is 9.95. The van der Waals surface area contributed by atoms with Crippen LogP contribution < -0.4 is 4.74 Å². The summed E-state index contributed by atoms with van der Waals surface area (Å²) in [4.78, 5) is 30.3. The van der Waals surface area contributed by atoms with Gasteiger partial charge in [0, 0.05) is 31.7 Å². The van der Waals surface area contributed by atoms with Crippen molar-refractivity contribution in [3.63, 3.8) is 0 Å². The second kappa shape index (κ2) is 11.5. The number of likely N-dealkylation sites (tertiary alicyclic amines) is 1. The average Bonchev–Trinajstić information content (AvgIpc) is 3.13. The molecule has 2 fully saturated rings. The van der Waals surface area contributed by atoms with E-state index in [1.807, 2.05) is 50.2 Å². The Morgan fingerprint density at radius 3 is 2.37 bits per heavy atom. The lowest BCUT2D eigenvalue weighted by Crippen LogP contribution is -2.38. The van der Waals surface area contributed by atoms with Gasteiger partial charge < -0.3 is 19.5 Å². The van der Waals surface area contributed by atoms with Crippen LogP contribution in [0.2, 0.25) is 0 Å². The number of benzene rings is 2. The Bertz CT molecular complexity index is 1060. The van der Waals surface area contributed by atoms with Crippen molar-refractivity contribution in [2.45, 2.75) is 32.7 Å². The minimum atomic E-state index is -0.652. The first-order chi connectivity index (χ1) is 17.0. The smallest absolute Gasteiger partial charge is 0.295 e. The quantitative estimate of drug-likeness (QED) is 0.334. The maximum Gasteiger partial charge on any atom is 0.295 e. The van der Waals surface area contributed by atoms with E-state index in [-0.39, 0.29) is 11.3 Å². The highest BCUT2D eigenvalue weighted by atomic mass is 16.5. The summed E-state index contributed by atoms with van der Waals surface area (Å²) in [6, 6.07) is 14.1. The highest BCUT2D eigenvalue weighted by Crippen LogP contribution is 2.40. The molecule has 2 aliphatic heterocycles. The minimum absolute atomic E-state index is 0.132. The van der Waals surface area contributed by atoms with Crippen LogP contribution in [0.3, 0.4) is 0 Å². The maximum atomic E-state index is 13.2. The van der Waals surface area contributed by atoms with Gasteiger partial charge in [-0.2, -0.15) is 0 Å². The number of amides is 1. The van der Waals surface area contributed by atoms with Gasteiger partial charge in [0.05, 0.1) is 31.4 Å². The van der Waals surface area contributed by atoms with Gasteiger partial charge in [0.2, 0.25) is 0 Å². The van der Waals surface area contributed by atoms with Gasteiger partial charge in [-0.05, 0) is 37.5 Å². The number of Topliss-reactive ketones (excluding diaryl/α,β-unsaturated/α-hetero) is 1. The first-order valence-corrected chi connectivity index (χ1v) is 12.4. The van der Waals surface area contributed by atoms with Gasteiger partial charge in [0.25, 0.3) is 11.7 Å². The zero-order valence-corrected chi connectivity index (χ0v) is 20.5. The standard InChI is InChI=1S/C28H34N2O5/c1-3-17-35-23-11-9-21(10-12-23)25-24(26(31)22-7-5-20(2)6-8-22)27(32)28(33)30(25)14-4-13-29-15-18-34-19-16-29/h5-12,25,31H,3-4,13-19H2,1-2H3/b26-24+. The molecule has 4 rings (SSSR count). The van der Waals surface area contributed by atoms with Gasteiger partial charge in [-0.3, -0.25) is 14.5 Å². The molecule has 0 spiro atoms. The van der Waals surface area contributed by atoms with Crippen molar-refractivity contribution in [3.8, 4) is 5.75 Å². The molecule has 2 saturated heterocycles. The van der Waals surface area contributed by atoms with E-state index in [4.69, 9.17) is 9.47 Å². The third-order valence-electron chi connectivity index (χ3n) is 6.51. The maximum absolute atomic E-state index is 13.2. The van der Waals surface area contributed by atoms with Crippen LogP contribution in [0.25, 0.3) is 5.76 Å². The van der Waals surface area contributed by atoms with E-state index in [9.17, 15) is 14.7 Å². The molecule has 2 heterocycles. The van der Waals surface area contributed by atoms with Crippen molar-refractivity contribution >= 4 is 17.4 Å². The van der Waals surface area contributed by atoms with Crippen LogP contribution in [-0.2, 0) is 14.3 Å². The van der Waals surface area contributed by atoms with Crippen molar-refractivity contribution in [2.24, 2.45) is 0 Å². The van der Waals surface area contributed by atoms with E-state index >= 15 is 0 Å². The van der Waals surface area contributed by atoms with Crippen LogP contribution in [-0.4, -0.2) is 72.6 Å². The van der Waals surface area contributed by atoms with E-state index in [1.165, 1.54) is 0 Å². The minimum Gasteiger partial charge on any atom is -0.507 e. The van der Waals surface area contributed by atoms with Gasteiger partial charge in [-0.1, -0.05) is 48.9 Å².